The van der Waals surface area contributed by atoms with E-state index in [2.05, 4.69) is 10.4 Å². The fraction of sp³-hybridized carbons (Fsp3) is 0.160. The summed E-state index contributed by atoms with van der Waals surface area (Å²) in [7, 11) is 1.57. The monoisotopic (exact) mass is 429 g/mol. The standard InChI is InChI=1S/C25H23N3O4/c1-25(20-12-14-21(31-2)15-13-20)23(29)28(24(30)27-25)26-16-19-10-6-7-11-22(19)32-17-18-8-4-3-5-9-18/h3-16H,17H2,1-2H3,(H,27,30)/b26-16-/t25-/m1/s1. The second-order valence-corrected chi connectivity index (χ2v) is 7.46. The molecule has 0 spiro atoms. The number of hydrogen-bond acceptors (Lipinski definition) is 5. The van der Waals surface area contributed by atoms with Crippen molar-refractivity contribution in [2.75, 3.05) is 7.11 Å². The third-order valence-corrected chi connectivity index (χ3v) is 5.31. The quantitative estimate of drug-likeness (QED) is 0.453. The van der Waals surface area contributed by atoms with Gasteiger partial charge in [0.1, 0.15) is 23.6 Å². The molecule has 1 aliphatic heterocycles. The molecule has 7 heteroatoms. The number of methoxy groups -OCH3 is 1. The summed E-state index contributed by atoms with van der Waals surface area (Å²) in [6.45, 7) is 2.05. The minimum Gasteiger partial charge on any atom is -0.497 e. The number of imide groups is 1. The van der Waals surface area contributed by atoms with Crippen molar-refractivity contribution in [3.8, 4) is 11.5 Å². The molecule has 3 aromatic rings. The Morgan fingerprint density at radius 2 is 1.66 bits per heavy atom. The average Bonchev–Trinajstić information content (AvgIpc) is 3.06. The van der Waals surface area contributed by atoms with Gasteiger partial charge >= 0.3 is 6.03 Å². The molecule has 0 aromatic heterocycles. The normalized spacial score (nSPS) is 18.1. The van der Waals surface area contributed by atoms with Crippen LogP contribution in [0.5, 0.6) is 11.5 Å². The maximum atomic E-state index is 13.1. The van der Waals surface area contributed by atoms with Crippen molar-refractivity contribution >= 4 is 18.2 Å². The number of carbonyl (C=O) groups excluding carboxylic acids is 2. The van der Waals surface area contributed by atoms with Crippen LogP contribution in [-0.4, -0.2) is 30.3 Å². The van der Waals surface area contributed by atoms with E-state index in [1.807, 2.05) is 54.6 Å². The lowest BCUT2D eigenvalue weighted by Gasteiger charge is -2.21. The van der Waals surface area contributed by atoms with E-state index >= 15 is 0 Å². The number of urea groups is 1. The van der Waals surface area contributed by atoms with Gasteiger partial charge in [0, 0.05) is 5.56 Å². The highest BCUT2D eigenvalue weighted by Crippen LogP contribution is 2.30. The molecular weight excluding hydrogens is 406 g/mol. The molecule has 0 aliphatic carbocycles. The topological polar surface area (TPSA) is 80.2 Å². The van der Waals surface area contributed by atoms with E-state index in [1.54, 1.807) is 38.3 Å². The Kier molecular flexibility index (Phi) is 5.89. The summed E-state index contributed by atoms with van der Waals surface area (Å²) in [6.07, 6.45) is 1.46. The number of para-hydroxylation sites is 1. The predicted molar refractivity (Wildman–Crippen MR) is 121 cm³/mol. The molecule has 162 valence electrons. The molecule has 1 saturated heterocycles. The molecular formula is C25H23N3O4. The molecule has 0 saturated carbocycles. The SMILES string of the molecule is COc1ccc([C@@]2(C)NC(=O)N(/N=C\c3ccccc3OCc3ccccc3)C2=O)cc1. The van der Waals surface area contributed by atoms with Crippen LogP contribution in [-0.2, 0) is 16.9 Å². The second kappa shape index (κ2) is 8.93. The van der Waals surface area contributed by atoms with Gasteiger partial charge in [-0.3, -0.25) is 4.79 Å². The molecule has 32 heavy (non-hydrogen) atoms. The van der Waals surface area contributed by atoms with Gasteiger partial charge in [-0.05, 0) is 42.3 Å². The molecule has 0 bridgehead atoms. The molecule has 0 radical (unpaired) electrons. The highest BCUT2D eigenvalue weighted by molar-refractivity contribution is 6.07. The van der Waals surface area contributed by atoms with Crippen molar-refractivity contribution in [3.63, 3.8) is 0 Å². The maximum absolute atomic E-state index is 13.1. The third-order valence-electron chi connectivity index (χ3n) is 5.31. The van der Waals surface area contributed by atoms with Crippen LogP contribution >= 0.6 is 0 Å². The van der Waals surface area contributed by atoms with Crippen LogP contribution in [0.4, 0.5) is 4.79 Å². The van der Waals surface area contributed by atoms with Gasteiger partial charge in [-0.25, -0.2) is 4.79 Å². The fourth-order valence-electron chi connectivity index (χ4n) is 3.42. The van der Waals surface area contributed by atoms with E-state index in [-0.39, 0.29) is 0 Å². The first-order valence-electron chi connectivity index (χ1n) is 10.1. The van der Waals surface area contributed by atoms with Gasteiger partial charge in [0.2, 0.25) is 0 Å². The number of nitrogens with zero attached hydrogens (tertiary/aromatic N) is 2. The van der Waals surface area contributed by atoms with Crippen molar-refractivity contribution in [2.45, 2.75) is 19.1 Å². The molecule has 1 heterocycles. The van der Waals surface area contributed by atoms with Crippen molar-refractivity contribution in [3.05, 3.63) is 95.6 Å². The Morgan fingerprint density at radius 3 is 2.38 bits per heavy atom. The van der Waals surface area contributed by atoms with E-state index in [9.17, 15) is 9.59 Å². The highest BCUT2D eigenvalue weighted by atomic mass is 16.5. The summed E-state index contributed by atoms with van der Waals surface area (Å²) in [5.74, 6) is 0.799. The smallest absolute Gasteiger partial charge is 0.346 e. The Bertz CT molecular complexity index is 1150. The van der Waals surface area contributed by atoms with Crippen molar-refractivity contribution in [1.29, 1.82) is 0 Å². The van der Waals surface area contributed by atoms with Crippen LogP contribution < -0.4 is 14.8 Å². The number of rotatable bonds is 7. The first-order chi connectivity index (χ1) is 15.5. The van der Waals surface area contributed by atoms with E-state index < -0.39 is 17.5 Å². The summed E-state index contributed by atoms with van der Waals surface area (Å²) in [6, 6.07) is 23.5. The average molecular weight is 429 g/mol. The lowest BCUT2D eigenvalue weighted by atomic mass is 9.92. The number of amides is 3. The summed E-state index contributed by atoms with van der Waals surface area (Å²) in [5.41, 5.74) is 1.11. The highest BCUT2D eigenvalue weighted by Gasteiger charge is 2.49. The molecule has 0 unspecified atom stereocenters. The molecule has 3 amide bonds. The van der Waals surface area contributed by atoms with Crippen LogP contribution in [0.2, 0.25) is 0 Å². The molecule has 4 rings (SSSR count). The van der Waals surface area contributed by atoms with E-state index in [4.69, 9.17) is 9.47 Å². The zero-order valence-electron chi connectivity index (χ0n) is 17.8. The van der Waals surface area contributed by atoms with Gasteiger partial charge in [-0.15, -0.1) is 5.01 Å². The lowest BCUT2D eigenvalue weighted by molar-refractivity contribution is -0.131. The summed E-state index contributed by atoms with van der Waals surface area (Å²) in [5, 5.41) is 7.75. The summed E-state index contributed by atoms with van der Waals surface area (Å²) < 4.78 is 11.1. The Balaban J connectivity index is 1.52. The van der Waals surface area contributed by atoms with Gasteiger partial charge in [0.05, 0.1) is 13.3 Å². The first-order valence-corrected chi connectivity index (χ1v) is 10.1. The van der Waals surface area contributed by atoms with Crippen molar-refractivity contribution in [2.24, 2.45) is 5.10 Å². The molecule has 1 N–H and O–H groups in total. The number of ether oxygens (including phenoxy) is 2. The zero-order chi connectivity index (χ0) is 22.6. The van der Waals surface area contributed by atoms with Gasteiger partial charge in [-0.1, -0.05) is 54.6 Å². The lowest BCUT2D eigenvalue weighted by Crippen LogP contribution is -2.40. The Hall–Kier alpha value is -4.13. The van der Waals surface area contributed by atoms with Crippen molar-refractivity contribution in [1.82, 2.24) is 10.3 Å². The molecule has 3 aromatic carbocycles. The van der Waals surface area contributed by atoms with Gasteiger partial charge in [-0.2, -0.15) is 5.10 Å². The largest absolute Gasteiger partial charge is 0.497 e. The van der Waals surface area contributed by atoms with Crippen LogP contribution in [0.15, 0.2) is 84.0 Å². The van der Waals surface area contributed by atoms with Gasteiger partial charge < -0.3 is 14.8 Å². The first kappa shape index (κ1) is 21.1. The minimum absolute atomic E-state index is 0.393. The summed E-state index contributed by atoms with van der Waals surface area (Å²) >= 11 is 0. The predicted octanol–water partition coefficient (Wildman–Crippen LogP) is 4.08. The van der Waals surface area contributed by atoms with Crippen LogP contribution in [0, 0.1) is 0 Å². The third kappa shape index (κ3) is 4.18. The van der Waals surface area contributed by atoms with Crippen LogP contribution in [0.25, 0.3) is 0 Å². The number of carbonyl (C=O) groups is 2. The zero-order valence-corrected chi connectivity index (χ0v) is 17.8. The molecule has 1 fully saturated rings. The maximum Gasteiger partial charge on any atom is 0.346 e. The molecule has 1 aliphatic rings. The van der Waals surface area contributed by atoms with E-state index in [1.165, 1.54) is 6.21 Å². The summed E-state index contributed by atoms with van der Waals surface area (Å²) in [4.78, 5) is 25.6. The molecule has 7 nitrogen and oxygen atoms in total. The Labute approximate surface area is 186 Å². The molecule has 1 atom stereocenters. The van der Waals surface area contributed by atoms with Crippen LogP contribution in [0.3, 0.4) is 0 Å². The number of nitrogens with one attached hydrogen (secondary N) is 1. The van der Waals surface area contributed by atoms with E-state index in [0.717, 1.165) is 10.6 Å². The Morgan fingerprint density at radius 1 is 0.969 bits per heavy atom. The number of benzene rings is 3. The van der Waals surface area contributed by atoms with Gasteiger partial charge in [0.15, 0.2) is 0 Å². The number of hydrazone groups is 1. The van der Waals surface area contributed by atoms with Crippen molar-refractivity contribution < 1.29 is 19.1 Å². The van der Waals surface area contributed by atoms with Crippen LogP contribution in [0.1, 0.15) is 23.6 Å². The van der Waals surface area contributed by atoms with Gasteiger partial charge in [0.25, 0.3) is 5.91 Å². The second-order valence-electron chi connectivity index (χ2n) is 7.46. The minimum atomic E-state index is -1.22. The van der Waals surface area contributed by atoms with E-state index in [0.29, 0.717) is 29.2 Å². The fourth-order valence-corrected chi connectivity index (χ4v) is 3.42. The number of hydrogen-bond donors (Lipinski definition) is 1.